The first-order valence-corrected chi connectivity index (χ1v) is 6.46. The maximum absolute atomic E-state index is 10.9. The molecular formula is C12H5Cl4NO2. The van der Waals surface area contributed by atoms with E-state index in [-0.39, 0.29) is 26.5 Å². The van der Waals surface area contributed by atoms with Crippen molar-refractivity contribution in [3.05, 3.63) is 50.0 Å². The Kier molecular flexibility index (Phi) is 4.21. The van der Waals surface area contributed by atoms with Crippen LogP contribution in [-0.2, 0) is 0 Å². The third-order valence-corrected chi connectivity index (χ3v) is 3.43. The van der Waals surface area contributed by atoms with Gasteiger partial charge in [-0.05, 0) is 24.3 Å². The number of hydrogen-bond donors (Lipinski definition) is 1. The van der Waals surface area contributed by atoms with Crippen LogP contribution in [0.25, 0.3) is 11.3 Å². The van der Waals surface area contributed by atoms with Crippen molar-refractivity contribution in [3.63, 3.8) is 0 Å². The highest BCUT2D eigenvalue weighted by Crippen LogP contribution is 2.39. The van der Waals surface area contributed by atoms with Crippen LogP contribution in [-0.4, -0.2) is 16.1 Å². The molecule has 1 aromatic heterocycles. The number of halogens is 4. The van der Waals surface area contributed by atoms with E-state index < -0.39 is 5.97 Å². The molecule has 0 saturated carbocycles. The Bertz CT molecular complexity index is 650. The molecule has 0 atom stereocenters. The predicted molar refractivity (Wildman–Crippen MR) is 76.7 cm³/mol. The number of nitrogens with zero attached hydrogens (tertiary/aromatic N) is 1. The van der Waals surface area contributed by atoms with Crippen LogP contribution >= 0.6 is 46.4 Å². The van der Waals surface area contributed by atoms with Gasteiger partial charge in [-0.15, -0.1) is 0 Å². The highest BCUT2D eigenvalue weighted by atomic mass is 35.5. The van der Waals surface area contributed by atoms with Gasteiger partial charge in [0, 0.05) is 10.6 Å². The minimum Gasteiger partial charge on any atom is -0.477 e. The first-order chi connectivity index (χ1) is 8.90. The van der Waals surface area contributed by atoms with E-state index in [1.807, 2.05) is 0 Å². The SMILES string of the molecule is O=C(O)c1ccc(Cl)c(-c2c(Cl)cc(Cl)cc2Cl)n1. The van der Waals surface area contributed by atoms with Gasteiger partial charge in [-0.1, -0.05) is 46.4 Å². The lowest BCUT2D eigenvalue weighted by molar-refractivity contribution is 0.0690. The summed E-state index contributed by atoms with van der Waals surface area (Å²) in [6.07, 6.45) is 0. The van der Waals surface area contributed by atoms with Crippen LogP contribution in [0.4, 0.5) is 0 Å². The van der Waals surface area contributed by atoms with Gasteiger partial charge in [0.2, 0.25) is 0 Å². The normalized spacial score (nSPS) is 10.5. The fraction of sp³-hybridized carbons (Fsp3) is 0. The molecule has 0 aliphatic heterocycles. The minimum absolute atomic E-state index is 0.151. The summed E-state index contributed by atoms with van der Waals surface area (Å²) < 4.78 is 0. The molecule has 0 spiro atoms. The molecule has 0 saturated heterocycles. The molecule has 2 rings (SSSR count). The van der Waals surface area contributed by atoms with Crippen molar-refractivity contribution in [2.45, 2.75) is 0 Å². The predicted octanol–water partition coefficient (Wildman–Crippen LogP) is 5.06. The van der Waals surface area contributed by atoms with Gasteiger partial charge in [-0.2, -0.15) is 0 Å². The molecule has 19 heavy (non-hydrogen) atoms. The van der Waals surface area contributed by atoms with E-state index >= 15 is 0 Å². The van der Waals surface area contributed by atoms with Crippen molar-refractivity contribution in [3.8, 4) is 11.3 Å². The standard InChI is InChI=1S/C12H5Cl4NO2/c13-5-3-7(15)10(8(16)4-5)11-6(14)1-2-9(17-11)12(18)19/h1-4H,(H,18,19). The molecule has 7 heteroatoms. The van der Waals surface area contributed by atoms with Gasteiger partial charge in [0.05, 0.1) is 20.8 Å². The average molecular weight is 337 g/mol. The Hall–Kier alpha value is -1.000. The van der Waals surface area contributed by atoms with Crippen molar-refractivity contribution in [1.82, 2.24) is 4.98 Å². The quantitative estimate of drug-likeness (QED) is 0.833. The zero-order valence-corrected chi connectivity index (χ0v) is 12.1. The Morgan fingerprint density at radius 2 is 1.58 bits per heavy atom. The molecule has 1 aromatic carbocycles. The highest BCUT2D eigenvalue weighted by Gasteiger charge is 2.17. The molecule has 1 heterocycles. The summed E-state index contributed by atoms with van der Waals surface area (Å²) in [5.41, 5.74) is 0.399. The van der Waals surface area contributed by atoms with Crippen LogP contribution in [0.3, 0.4) is 0 Å². The number of carboxylic acid groups (broad SMARTS) is 1. The number of hydrogen-bond acceptors (Lipinski definition) is 2. The summed E-state index contributed by atoms with van der Waals surface area (Å²) in [5, 5.41) is 10.0. The van der Waals surface area contributed by atoms with Crippen molar-refractivity contribution < 1.29 is 9.90 Å². The van der Waals surface area contributed by atoms with E-state index in [2.05, 4.69) is 4.98 Å². The lowest BCUT2D eigenvalue weighted by Gasteiger charge is -2.09. The second kappa shape index (κ2) is 5.55. The molecule has 2 aromatic rings. The number of aromatic nitrogens is 1. The number of benzene rings is 1. The molecule has 0 aliphatic carbocycles. The third-order valence-electron chi connectivity index (χ3n) is 2.31. The van der Waals surface area contributed by atoms with Crippen molar-refractivity contribution >= 4 is 52.4 Å². The van der Waals surface area contributed by atoms with E-state index in [4.69, 9.17) is 51.5 Å². The smallest absolute Gasteiger partial charge is 0.354 e. The first-order valence-electron chi connectivity index (χ1n) is 4.95. The maximum Gasteiger partial charge on any atom is 0.354 e. The lowest BCUT2D eigenvalue weighted by Crippen LogP contribution is -2.01. The van der Waals surface area contributed by atoms with Gasteiger partial charge >= 0.3 is 5.97 Å². The topological polar surface area (TPSA) is 50.2 Å². The summed E-state index contributed by atoms with van der Waals surface area (Å²) in [5.74, 6) is -1.17. The Morgan fingerprint density at radius 3 is 2.11 bits per heavy atom. The van der Waals surface area contributed by atoms with E-state index in [1.54, 1.807) is 0 Å². The molecular weight excluding hydrogens is 332 g/mol. The zero-order chi connectivity index (χ0) is 14.2. The van der Waals surface area contributed by atoms with Crippen molar-refractivity contribution in [1.29, 1.82) is 0 Å². The second-order valence-electron chi connectivity index (χ2n) is 3.58. The zero-order valence-electron chi connectivity index (χ0n) is 9.12. The first kappa shape index (κ1) is 14.4. The number of carboxylic acids is 1. The van der Waals surface area contributed by atoms with Gasteiger partial charge in [-0.3, -0.25) is 0 Å². The Labute approximate surface area is 128 Å². The largest absolute Gasteiger partial charge is 0.477 e. The second-order valence-corrected chi connectivity index (χ2v) is 5.23. The summed E-state index contributed by atoms with van der Waals surface area (Å²) in [4.78, 5) is 14.9. The number of aromatic carboxylic acids is 1. The van der Waals surface area contributed by atoms with Crippen LogP contribution in [0, 0.1) is 0 Å². The van der Waals surface area contributed by atoms with E-state index in [1.165, 1.54) is 24.3 Å². The van der Waals surface area contributed by atoms with Crippen LogP contribution in [0.5, 0.6) is 0 Å². The van der Waals surface area contributed by atoms with Gasteiger partial charge in [0.15, 0.2) is 0 Å². The fourth-order valence-corrected chi connectivity index (χ4v) is 2.70. The molecule has 1 N–H and O–H groups in total. The van der Waals surface area contributed by atoms with E-state index in [9.17, 15) is 4.79 Å². The molecule has 0 unspecified atom stereocenters. The molecule has 98 valence electrons. The fourth-order valence-electron chi connectivity index (χ4n) is 1.51. The average Bonchev–Trinajstić information content (AvgIpc) is 2.29. The molecule has 0 radical (unpaired) electrons. The summed E-state index contributed by atoms with van der Waals surface area (Å²) in [6, 6.07) is 5.69. The molecule has 0 amide bonds. The van der Waals surface area contributed by atoms with Crippen LogP contribution in [0.2, 0.25) is 20.1 Å². The molecule has 3 nitrogen and oxygen atoms in total. The maximum atomic E-state index is 10.9. The summed E-state index contributed by atoms with van der Waals surface area (Å²) >= 11 is 23.9. The number of pyridine rings is 1. The van der Waals surface area contributed by atoms with E-state index in [0.717, 1.165) is 0 Å². The monoisotopic (exact) mass is 335 g/mol. The molecule has 0 bridgehead atoms. The summed E-state index contributed by atoms with van der Waals surface area (Å²) in [6.45, 7) is 0. The van der Waals surface area contributed by atoms with Crippen LogP contribution < -0.4 is 0 Å². The molecule has 0 aliphatic rings. The minimum atomic E-state index is -1.17. The van der Waals surface area contributed by atoms with Gasteiger partial charge in [-0.25, -0.2) is 9.78 Å². The molecule has 0 fully saturated rings. The number of carbonyl (C=O) groups is 1. The van der Waals surface area contributed by atoms with E-state index in [0.29, 0.717) is 10.6 Å². The van der Waals surface area contributed by atoms with Gasteiger partial charge in [0.1, 0.15) is 5.69 Å². The Morgan fingerprint density at radius 1 is 1.00 bits per heavy atom. The highest BCUT2D eigenvalue weighted by molar-refractivity contribution is 6.43. The number of rotatable bonds is 2. The summed E-state index contributed by atoms with van der Waals surface area (Å²) in [7, 11) is 0. The lowest BCUT2D eigenvalue weighted by atomic mass is 10.1. The Balaban J connectivity index is 2.71. The van der Waals surface area contributed by atoms with Gasteiger partial charge in [0.25, 0.3) is 0 Å². The third kappa shape index (κ3) is 2.95. The van der Waals surface area contributed by atoms with Gasteiger partial charge < -0.3 is 5.11 Å². The van der Waals surface area contributed by atoms with Crippen molar-refractivity contribution in [2.24, 2.45) is 0 Å². The van der Waals surface area contributed by atoms with Crippen molar-refractivity contribution in [2.75, 3.05) is 0 Å². The van der Waals surface area contributed by atoms with Crippen LogP contribution in [0.15, 0.2) is 24.3 Å². The van der Waals surface area contributed by atoms with Crippen LogP contribution in [0.1, 0.15) is 10.5 Å².